The first-order valence-electron chi connectivity index (χ1n) is 4.03. The van der Waals surface area contributed by atoms with Gasteiger partial charge in [0.1, 0.15) is 6.17 Å². The number of hydrogen-bond donors (Lipinski definition) is 1. The molecule has 0 aromatic carbocycles. The van der Waals surface area contributed by atoms with E-state index in [9.17, 15) is 0 Å². The van der Waals surface area contributed by atoms with E-state index >= 15 is 0 Å². The Balaban J connectivity index is -0.0000000720. The quantitative estimate of drug-likeness (QED) is 0.441. The first-order valence-corrected chi connectivity index (χ1v) is 4.03. The van der Waals surface area contributed by atoms with Gasteiger partial charge in [0, 0.05) is 6.42 Å². The summed E-state index contributed by atoms with van der Waals surface area (Å²) in [6, 6.07) is 0. The number of halogens is 2. The van der Waals surface area contributed by atoms with Crippen LogP contribution in [-0.4, -0.2) is 31.8 Å². The molecule has 2 N–H and O–H groups in total. The van der Waals surface area contributed by atoms with Crippen LogP contribution in [0.4, 0.5) is 0 Å². The minimum atomic E-state index is 0. The van der Waals surface area contributed by atoms with Gasteiger partial charge in [-0.1, -0.05) is 13.0 Å². The summed E-state index contributed by atoms with van der Waals surface area (Å²) in [4.78, 5) is 0. The van der Waals surface area contributed by atoms with Crippen LogP contribution in [0.2, 0.25) is 0 Å². The van der Waals surface area contributed by atoms with Gasteiger partial charge in [0.15, 0.2) is 0 Å². The molecule has 0 aliphatic heterocycles. The van der Waals surface area contributed by atoms with E-state index in [1.807, 2.05) is 6.92 Å². The third kappa shape index (κ3) is 18.9. The maximum Gasteiger partial charge on any atom is 0.139 e. The summed E-state index contributed by atoms with van der Waals surface area (Å²) < 4.78 is 0.858. The van der Waals surface area contributed by atoms with Crippen molar-refractivity contribution >= 4 is 24.8 Å². The van der Waals surface area contributed by atoms with Crippen molar-refractivity contribution in [2.24, 2.45) is 5.73 Å². The van der Waals surface area contributed by atoms with Crippen LogP contribution >= 0.6 is 24.8 Å². The molecule has 0 fully saturated rings. The van der Waals surface area contributed by atoms with Crippen molar-refractivity contribution in [1.82, 2.24) is 0 Å². The number of rotatable bonds is 2. The van der Waals surface area contributed by atoms with E-state index in [1.165, 1.54) is 0 Å². The molecule has 1 unspecified atom stereocenters. The molecule has 0 aliphatic rings. The van der Waals surface area contributed by atoms with Crippen LogP contribution in [0.3, 0.4) is 0 Å². The summed E-state index contributed by atoms with van der Waals surface area (Å²) in [6.07, 6.45) is 3.08. The molecule has 4 heteroatoms. The maximum absolute atomic E-state index is 5.72. The van der Waals surface area contributed by atoms with Gasteiger partial charge in [0.2, 0.25) is 0 Å². The Morgan fingerprint density at radius 2 is 1.54 bits per heavy atom. The number of allylic oxidation sites excluding steroid dienone is 1. The summed E-state index contributed by atoms with van der Waals surface area (Å²) in [7, 11) is 6.32. The predicted molar refractivity (Wildman–Crippen MR) is 66.7 cm³/mol. The van der Waals surface area contributed by atoms with Gasteiger partial charge >= 0.3 is 0 Å². The SMILES string of the molecule is C=CC.CCC(N)[N+](C)(C)C.Cl.Cl. The molecule has 0 radical (unpaired) electrons. The largest absolute Gasteiger partial charge is 0.316 e. The van der Waals surface area contributed by atoms with Gasteiger partial charge in [-0.15, -0.1) is 31.4 Å². The Morgan fingerprint density at radius 3 is 1.54 bits per heavy atom. The van der Waals surface area contributed by atoms with Gasteiger partial charge in [-0.25, -0.2) is 0 Å². The number of hydrogen-bond acceptors (Lipinski definition) is 1. The standard InChI is InChI=1S/C6H17N2.C3H6.2ClH/c1-5-6(7)8(2,3)4;1-3-2;;/h6H,5,7H2,1-4H3;3H,1H2,2H3;2*1H/q+1;;;. The Hall–Kier alpha value is 0.240. The lowest BCUT2D eigenvalue weighted by atomic mass is 10.3. The Kier molecular flexibility index (Phi) is 21.9. The van der Waals surface area contributed by atoms with Crippen molar-refractivity contribution in [1.29, 1.82) is 0 Å². The van der Waals surface area contributed by atoms with Gasteiger partial charge in [-0.2, -0.15) is 0 Å². The van der Waals surface area contributed by atoms with Crippen LogP contribution in [0.5, 0.6) is 0 Å². The highest BCUT2D eigenvalue weighted by molar-refractivity contribution is 5.85. The minimum Gasteiger partial charge on any atom is -0.316 e. The zero-order valence-electron chi connectivity index (χ0n) is 9.41. The Bertz CT molecular complexity index is 100. The molecular formula is C9H25Cl2N2+. The fourth-order valence-electron chi connectivity index (χ4n) is 0.548. The fourth-order valence-corrected chi connectivity index (χ4v) is 0.548. The van der Waals surface area contributed by atoms with Gasteiger partial charge < -0.3 is 4.48 Å². The van der Waals surface area contributed by atoms with Gasteiger partial charge in [0.05, 0.1) is 21.1 Å². The van der Waals surface area contributed by atoms with Crippen LogP contribution in [0, 0.1) is 0 Å². The predicted octanol–water partition coefficient (Wildman–Crippen LogP) is 2.42. The molecule has 0 spiro atoms. The average molecular weight is 232 g/mol. The summed E-state index contributed by atoms with van der Waals surface area (Å²) >= 11 is 0. The smallest absolute Gasteiger partial charge is 0.139 e. The normalized spacial score (nSPS) is 10.9. The van der Waals surface area contributed by atoms with Crippen LogP contribution in [-0.2, 0) is 0 Å². The molecule has 84 valence electrons. The molecule has 13 heavy (non-hydrogen) atoms. The second-order valence-corrected chi connectivity index (χ2v) is 3.50. The molecule has 0 aromatic rings. The summed E-state index contributed by atoms with van der Waals surface area (Å²) in [5.41, 5.74) is 5.72. The third-order valence-electron chi connectivity index (χ3n) is 1.41. The van der Waals surface area contributed by atoms with Crippen molar-refractivity contribution in [2.45, 2.75) is 26.4 Å². The number of nitrogens with two attached hydrogens (primary N) is 1. The van der Waals surface area contributed by atoms with E-state index in [0.717, 1.165) is 10.9 Å². The Labute approximate surface area is 95.6 Å². The molecular weight excluding hydrogens is 207 g/mol. The number of nitrogens with zero attached hydrogens (tertiary/aromatic N) is 1. The molecule has 2 nitrogen and oxygen atoms in total. The second kappa shape index (κ2) is 12.2. The van der Waals surface area contributed by atoms with Crippen molar-refractivity contribution in [3.8, 4) is 0 Å². The lowest BCUT2D eigenvalue weighted by Gasteiger charge is -2.30. The fraction of sp³-hybridized carbons (Fsp3) is 0.778. The number of quaternary nitrogens is 1. The van der Waals surface area contributed by atoms with Crippen LogP contribution in [0.15, 0.2) is 12.7 Å². The van der Waals surface area contributed by atoms with Crippen LogP contribution in [0.25, 0.3) is 0 Å². The zero-order chi connectivity index (χ0) is 9.49. The average Bonchev–Trinajstić information content (AvgIpc) is 1.86. The van der Waals surface area contributed by atoms with E-state index in [2.05, 4.69) is 34.6 Å². The topological polar surface area (TPSA) is 26.0 Å². The van der Waals surface area contributed by atoms with Gasteiger partial charge in [-0.3, -0.25) is 5.73 Å². The lowest BCUT2D eigenvalue weighted by molar-refractivity contribution is -0.895. The third-order valence-corrected chi connectivity index (χ3v) is 1.41. The molecule has 0 rings (SSSR count). The first kappa shape index (κ1) is 23.2. The van der Waals surface area contributed by atoms with E-state index in [0.29, 0.717) is 0 Å². The van der Waals surface area contributed by atoms with Crippen molar-refractivity contribution < 1.29 is 4.48 Å². The van der Waals surface area contributed by atoms with E-state index < -0.39 is 0 Å². The highest BCUT2D eigenvalue weighted by Crippen LogP contribution is 1.98. The van der Waals surface area contributed by atoms with Crippen molar-refractivity contribution in [2.75, 3.05) is 21.1 Å². The Morgan fingerprint density at radius 1 is 1.31 bits per heavy atom. The van der Waals surface area contributed by atoms with E-state index in [-0.39, 0.29) is 31.0 Å². The lowest BCUT2D eigenvalue weighted by Crippen LogP contribution is -2.50. The minimum absolute atomic E-state index is 0. The molecule has 0 aromatic heterocycles. The second-order valence-electron chi connectivity index (χ2n) is 3.50. The van der Waals surface area contributed by atoms with Gasteiger partial charge in [0.25, 0.3) is 0 Å². The molecule has 1 atom stereocenters. The summed E-state index contributed by atoms with van der Waals surface area (Å²) in [6.45, 7) is 7.36. The molecule has 0 saturated carbocycles. The molecule has 0 heterocycles. The monoisotopic (exact) mass is 231 g/mol. The molecule has 0 aliphatic carbocycles. The van der Waals surface area contributed by atoms with Gasteiger partial charge in [-0.05, 0) is 6.92 Å². The van der Waals surface area contributed by atoms with Crippen LogP contribution < -0.4 is 5.73 Å². The first-order chi connectivity index (χ1) is 4.90. The summed E-state index contributed by atoms with van der Waals surface area (Å²) in [5, 5.41) is 0. The van der Waals surface area contributed by atoms with Crippen LogP contribution in [0.1, 0.15) is 20.3 Å². The maximum atomic E-state index is 5.72. The van der Waals surface area contributed by atoms with Crippen molar-refractivity contribution in [3.05, 3.63) is 12.7 Å². The zero-order valence-corrected chi connectivity index (χ0v) is 11.0. The molecule has 0 bridgehead atoms. The molecule has 0 amide bonds. The van der Waals surface area contributed by atoms with E-state index in [1.54, 1.807) is 6.08 Å². The molecule has 0 saturated heterocycles. The van der Waals surface area contributed by atoms with Crippen molar-refractivity contribution in [3.63, 3.8) is 0 Å². The highest BCUT2D eigenvalue weighted by atomic mass is 35.5. The summed E-state index contributed by atoms with van der Waals surface area (Å²) in [5.74, 6) is 0. The highest BCUT2D eigenvalue weighted by Gasteiger charge is 2.14. The van der Waals surface area contributed by atoms with E-state index in [4.69, 9.17) is 5.73 Å².